The monoisotopic (exact) mass is 358 g/mol. The van der Waals surface area contributed by atoms with Crippen LogP contribution in [0.2, 0.25) is 0 Å². The summed E-state index contributed by atoms with van der Waals surface area (Å²) in [5.41, 5.74) is 0.922. The van der Waals surface area contributed by atoms with Crippen LogP contribution in [-0.4, -0.2) is 79.9 Å². The molecule has 0 saturated carbocycles. The second-order valence-corrected chi connectivity index (χ2v) is 6.57. The smallest absolute Gasteiger partial charge is 0.260 e. The molecule has 1 saturated heterocycles. The van der Waals surface area contributed by atoms with Gasteiger partial charge in [0.1, 0.15) is 5.75 Å². The Morgan fingerprint density at radius 3 is 2.54 bits per heavy atom. The molecule has 0 radical (unpaired) electrons. The Balaban J connectivity index is 1.79. The lowest BCUT2D eigenvalue weighted by atomic mass is 10.2. The van der Waals surface area contributed by atoms with E-state index in [0.717, 1.165) is 18.5 Å². The highest BCUT2D eigenvalue weighted by molar-refractivity contribution is 5.78. The second kappa shape index (κ2) is 9.78. The van der Waals surface area contributed by atoms with Gasteiger partial charge in [-0.1, -0.05) is 12.1 Å². The van der Waals surface area contributed by atoms with Crippen molar-refractivity contribution in [1.82, 2.24) is 14.7 Å². The molecule has 1 heterocycles. The number of carbonyl (C=O) groups is 2. The number of rotatable bonds is 6. The molecule has 2 amide bonds. The molecule has 1 aliphatic rings. The summed E-state index contributed by atoms with van der Waals surface area (Å²) in [5, 5.41) is 8.67. The zero-order valence-corrected chi connectivity index (χ0v) is 15.5. The number of benzene rings is 1. The van der Waals surface area contributed by atoms with Crippen molar-refractivity contribution in [3.63, 3.8) is 0 Å². The number of carbonyl (C=O) groups excluding carboxylic acids is 2. The SMILES string of the molecule is CN(C)C(=O)CN1CCCN(C(=O)COc2ccc(CC#N)cc2)CC1. The van der Waals surface area contributed by atoms with E-state index in [4.69, 9.17) is 10.00 Å². The van der Waals surface area contributed by atoms with E-state index < -0.39 is 0 Å². The molecule has 0 aromatic heterocycles. The Morgan fingerprint density at radius 2 is 1.88 bits per heavy atom. The van der Waals surface area contributed by atoms with Gasteiger partial charge in [-0.2, -0.15) is 5.26 Å². The quantitative estimate of drug-likeness (QED) is 0.750. The maximum Gasteiger partial charge on any atom is 0.260 e. The highest BCUT2D eigenvalue weighted by atomic mass is 16.5. The highest BCUT2D eigenvalue weighted by Gasteiger charge is 2.21. The van der Waals surface area contributed by atoms with E-state index in [1.54, 1.807) is 36.0 Å². The van der Waals surface area contributed by atoms with Gasteiger partial charge < -0.3 is 14.5 Å². The van der Waals surface area contributed by atoms with E-state index in [1.807, 2.05) is 12.1 Å². The van der Waals surface area contributed by atoms with Crippen molar-refractivity contribution in [3.8, 4) is 11.8 Å². The maximum absolute atomic E-state index is 12.4. The molecule has 2 rings (SSSR count). The summed E-state index contributed by atoms with van der Waals surface area (Å²) in [7, 11) is 3.50. The lowest BCUT2D eigenvalue weighted by molar-refractivity contribution is -0.133. The Labute approximate surface area is 154 Å². The predicted octanol–water partition coefficient (Wildman–Crippen LogP) is 0.754. The van der Waals surface area contributed by atoms with Gasteiger partial charge in [0.25, 0.3) is 5.91 Å². The number of hydrogen-bond donors (Lipinski definition) is 0. The molecule has 1 aliphatic heterocycles. The van der Waals surface area contributed by atoms with Crippen molar-refractivity contribution in [3.05, 3.63) is 29.8 Å². The van der Waals surface area contributed by atoms with E-state index >= 15 is 0 Å². The first-order valence-electron chi connectivity index (χ1n) is 8.78. The summed E-state index contributed by atoms with van der Waals surface area (Å²) in [5.74, 6) is 0.646. The van der Waals surface area contributed by atoms with Crippen LogP contribution in [0.1, 0.15) is 12.0 Å². The van der Waals surface area contributed by atoms with E-state index in [2.05, 4.69) is 11.0 Å². The fraction of sp³-hybridized carbons (Fsp3) is 0.526. The van der Waals surface area contributed by atoms with Crippen molar-refractivity contribution < 1.29 is 14.3 Å². The summed E-state index contributed by atoms with van der Waals surface area (Å²) >= 11 is 0. The third kappa shape index (κ3) is 6.05. The largest absolute Gasteiger partial charge is 0.484 e. The lowest BCUT2D eigenvalue weighted by Gasteiger charge is -2.22. The summed E-state index contributed by atoms with van der Waals surface area (Å²) in [4.78, 5) is 29.7. The average molecular weight is 358 g/mol. The zero-order chi connectivity index (χ0) is 18.9. The molecule has 1 aromatic carbocycles. The van der Waals surface area contributed by atoms with Crippen LogP contribution in [0.15, 0.2) is 24.3 Å². The molecule has 0 bridgehead atoms. The van der Waals surface area contributed by atoms with Crippen molar-refractivity contribution in [1.29, 1.82) is 5.26 Å². The molecule has 0 aliphatic carbocycles. The van der Waals surface area contributed by atoms with Crippen LogP contribution in [0.5, 0.6) is 5.75 Å². The first-order chi connectivity index (χ1) is 12.5. The fourth-order valence-electron chi connectivity index (χ4n) is 2.74. The van der Waals surface area contributed by atoms with Crippen LogP contribution in [0, 0.1) is 11.3 Å². The van der Waals surface area contributed by atoms with Crippen LogP contribution in [0.4, 0.5) is 0 Å². The number of amides is 2. The Bertz CT molecular complexity index is 652. The maximum atomic E-state index is 12.4. The van der Waals surface area contributed by atoms with Gasteiger partial charge in [-0.25, -0.2) is 0 Å². The fourth-order valence-corrected chi connectivity index (χ4v) is 2.74. The van der Waals surface area contributed by atoms with Gasteiger partial charge in [0.2, 0.25) is 5.91 Å². The third-order valence-corrected chi connectivity index (χ3v) is 4.37. The Kier molecular flexibility index (Phi) is 7.42. The van der Waals surface area contributed by atoms with E-state index in [1.165, 1.54) is 0 Å². The molecule has 7 nitrogen and oxygen atoms in total. The van der Waals surface area contributed by atoms with Gasteiger partial charge >= 0.3 is 0 Å². The van der Waals surface area contributed by atoms with Gasteiger partial charge in [0, 0.05) is 40.3 Å². The molecule has 1 fully saturated rings. The number of nitrogens with zero attached hydrogens (tertiary/aromatic N) is 4. The van der Waals surface area contributed by atoms with Crippen LogP contribution in [0.3, 0.4) is 0 Å². The molecule has 0 unspecified atom stereocenters. The topological polar surface area (TPSA) is 76.9 Å². The first kappa shape index (κ1) is 19.7. The van der Waals surface area contributed by atoms with Crippen LogP contribution < -0.4 is 4.74 Å². The summed E-state index contributed by atoms with van der Waals surface area (Å²) in [6.07, 6.45) is 1.20. The highest BCUT2D eigenvalue weighted by Crippen LogP contribution is 2.13. The summed E-state index contributed by atoms with van der Waals surface area (Å²) < 4.78 is 5.57. The standard InChI is InChI=1S/C19H26N4O3/c1-21(2)18(24)14-22-10-3-11-23(13-12-22)19(25)15-26-17-6-4-16(5-7-17)8-9-20/h4-7H,3,8,10-15H2,1-2H3. The van der Waals surface area contributed by atoms with Crippen molar-refractivity contribution in [2.45, 2.75) is 12.8 Å². The molecule has 7 heteroatoms. The van der Waals surface area contributed by atoms with E-state index in [9.17, 15) is 9.59 Å². The predicted molar refractivity (Wildman–Crippen MR) is 97.6 cm³/mol. The van der Waals surface area contributed by atoms with Gasteiger partial charge in [-0.3, -0.25) is 14.5 Å². The second-order valence-electron chi connectivity index (χ2n) is 6.57. The van der Waals surface area contributed by atoms with Crippen molar-refractivity contribution >= 4 is 11.8 Å². The minimum atomic E-state index is -0.0492. The molecule has 0 spiro atoms. The molecule has 0 atom stereocenters. The normalized spacial score (nSPS) is 15.0. The van der Waals surface area contributed by atoms with E-state index in [-0.39, 0.29) is 18.4 Å². The third-order valence-electron chi connectivity index (χ3n) is 4.37. The van der Waals surface area contributed by atoms with Gasteiger partial charge in [-0.05, 0) is 24.1 Å². The number of nitriles is 1. The zero-order valence-electron chi connectivity index (χ0n) is 15.5. The van der Waals surface area contributed by atoms with Crippen LogP contribution >= 0.6 is 0 Å². The summed E-state index contributed by atoms with van der Waals surface area (Å²) in [6.45, 7) is 3.16. The van der Waals surface area contributed by atoms with Crippen LogP contribution in [-0.2, 0) is 16.0 Å². The minimum absolute atomic E-state index is 0.00573. The average Bonchev–Trinajstić information content (AvgIpc) is 2.86. The Morgan fingerprint density at radius 1 is 1.15 bits per heavy atom. The van der Waals surface area contributed by atoms with Crippen molar-refractivity contribution in [2.24, 2.45) is 0 Å². The molecule has 140 valence electrons. The first-order valence-corrected chi connectivity index (χ1v) is 8.78. The molecule has 0 N–H and O–H groups in total. The lowest BCUT2D eigenvalue weighted by Crippen LogP contribution is -2.40. The molecule has 1 aromatic rings. The number of likely N-dealkylation sites (N-methyl/N-ethyl adjacent to an activating group) is 1. The number of ether oxygens (including phenoxy) is 1. The molecular formula is C19H26N4O3. The number of hydrogen-bond acceptors (Lipinski definition) is 5. The summed E-state index contributed by atoms with van der Waals surface area (Å²) in [6, 6.07) is 9.30. The molecular weight excluding hydrogens is 332 g/mol. The van der Waals surface area contributed by atoms with Gasteiger partial charge in [0.05, 0.1) is 19.0 Å². The van der Waals surface area contributed by atoms with Crippen molar-refractivity contribution in [2.75, 3.05) is 53.4 Å². The Hall–Kier alpha value is -2.59. The van der Waals surface area contributed by atoms with Gasteiger partial charge in [0.15, 0.2) is 6.61 Å². The van der Waals surface area contributed by atoms with Crippen LogP contribution in [0.25, 0.3) is 0 Å². The molecule has 26 heavy (non-hydrogen) atoms. The van der Waals surface area contributed by atoms with E-state index in [0.29, 0.717) is 38.3 Å². The minimum Gasteiger partial charge on any atom is -0.484 e. The van der Waals surface area contributed by atoms with Gasteiger partial charge in [-0.15, -0.1) is 0 Å².